The van der Waals surface area contributed by atoms with Crippen LogP contribution < -0.4 is 9.47 Å². The van der Waals surface area contributed by atoms with Gasteiger partial charge in [-0.15, -0.1) is 0 Å². The predicted molar refractivity (Wildman–Crippen MR) is 140 cm³/mol. The van der Waals surface area contributed by atoms with Crippen LogP contribution in [0.4, 0.5) is 5.69 Å². The second kappa shape index (κ2) is 10.7. The molecule has 6 nitrogen and oxygen atoms in total. The molecule has 0 bridgehead atoms. The zero-order valence-electron chi connectivity index (χ0n) is 20.7. The van der Waals surface area contributed by atoms with Crippen LogP contribution in [0.3, 0.4) is 0 Å². The Morgan fingerprint density at radius 2 is 1.94 bits per heavy atom. The lowest BCUT2D eigenvalue weighted by atomic mass is 10.1. The van der Waals surface area contributed by atoms with Crippen LogP contribution >= 0.6 is 15.9 Å². The number of ether oxygens (including phenoxy) is 2. The molecule has 0 saturated carbocycles. The van der Waals surface area contributed by atoms with Gasteiger partial charge < -0.3 is 18.8 Å². The fraction of sp³-hybridized carbons (Fsp3) is 0.600. The number of hydrogen-bond donors (Lipinski definition) is 0. The SMILES string of the molecule is COc1cc2c(cc1OCCCCCBr)N=C[C@@H]1CC(CO[Si](C)(C)C(C)(C)C)=CN1C2=O. The Balaban J connectivity index is 1.74. The number of fused-ring (bicyclic) bond motifs is 2. The lowest BCUT2D eigenvalue weighted by molar-refractivity contribution is 0.0817. The number of alkyl halides is 1. The van der Waals surface area contributed by atoms with Gasteiger partial charge in [0, 0.05) is 23.8 Å². The maximum Gasteiger partial charge on any atom is 0.260 e. The summed E-state index contributed by atoms with van der Waals surface area (Å²) < 4.78 is 17.9. The van der Waals surface area contributed by atoms with Gasteiger partial charge in [0.25, 0.3) is 5.91 Å². The number of hydrogen-bond acceptors (Lipinski definition) is 5. The van der Waals surface area contributed by atoms with Crippen molar-refractivity contribution in [3.63, 3.8) is 0 Å². The summed E-state index contributed by atoms with van der Waals surface area (Å²) in [5, 5.41) is 1.15. The van der Waals surface area contributed by atoms with E-state index in [2.05, 4.69) is 54.8 Å². The number of amides is 1. The van der Waals surface area contributed by atoms with E-state index in [0.29, 0.717) is 36.0 Å². The zero-order chi connectivity index (χ0) is 24.2. The summed E-state index contributed by atoms with van der Waals surface area (Å²) in [6.07, 6.45) is 7.74. The van der Waals surface area contributed by atoms with Crippen LogP contribution in [-0.4, -0.2) is 57.0 Å². The average molecular weight is 538 g/mol. The van der Waals surface area contributed by atoms with E-state index in [-0.39, 0.29) is 17.0 Å². The quantitative estimate of drug-likeness (QED) is 0.195. The van der Waals surface area contributed by atoms with Crippen molar-refractivity contribution < 1.29 is 18.7 Å². The van der Waals surface area contributed by atoms with E-state index in [0.717, 1.165) is 36.6 Å². The van der Waals surface area contributed by atoms with Crippen LogP contribution in [0.25, 0.3) is 0 Å². The molecule has 0 radical (unpaired) electrons. The lowest BCUT2D eigenvalue weighted by Gasteiger charge is -2.36. The molecule has 0 fully saturated rings. The number of nitrogens with zero attached hydrogens (tertiary/aromatic N) is 2. The van der Waals surface area contributed by atoms with E-state index in [4.69, 9.17) is 13.9 Å². The Morgan fingerprint density at radius 1 is 1.18 bits per heavy atom. The third-order valence-electron chi connectivity index (χ3n) is 6.74. The maximum atomic E-state index is 13.4. The minimum atomic E-state index is -1.85. The van der Waals surface area contributed by atoms with Crippen LogP contribution in [-0.2, 0) is 4.43 Å². The van der Waals surface area contributed by atoms with Crippen molar-refractivity contribution in [2.24, 2.45) is 4.99 Å². The van der Waals surface area contributed by atoms with E-state index in [1.54, 1.807) is 18.1 Å². The van der Waals surface area contributed by atoms with Crippen molar-refractivity contribution in [2.75, 3.05) is 25.7 Å². The van der Waals surface area contributed by atoms with Gasteiger partial charge in [-0.05, 0) is 55.5 Å². The highest BCUT2D eigenvalue weighted by atomic mass is 79.9. The molecule has 0 unspecified atom stereocenters. The van der Waals surface area contributed by atoms with Crippen LogP contribution in [0.15, 0.2) is 28.9 Å². The molecule has 1 atom stereocenters. The molecule has 2 heterocycles. The molecule has 1 aromatic carbocycles. The standard InChI is InChI=1S/C25H37BrN2O4Si/c1-25(2,3)33(5,6)32-17-18-12-19-15-27-21-14-23(31-11-9-7-8-10-26)22(30-4)13-20(21)24(29)28(19)16-18/h13-16,19H,7-12,17H2,1-6H3/t19-/m0/s1. The number of aliphatic imine (C=N–C) groups is 1. The zero-order valence-corrected chi connectivity index (χ0v) is 23.3. The van der Waals surface area contributed by atoms with Gasteiger partial charge >= 0.3 is 0 Å². The first-order valence-corrected chi connectivity index (χ1v) is 15.7. The summed E-state index contributed by atoms with van der Waals surface area (Å²) in [6, 6.07) is 3.48. The molecule has 0 saturated heterocycles. The first-order valence-electron chi connectivity index (χ1n) is 11.7. The minimum absolute atomic E-state index is 0.0722. The molecular weight excluding hydrogens is 500 g/mol. The van der Waals surface area contributed by atoms with Gasteiger partial charge in [-0.3, -0.25) is 9.79 Å². The van der Waals surface area contributed by atoms with Crippen LogP contribution in [0.5, 0.6) is 11.5 Å². The van der Waals surface area contributed by atoms with Gasteiger partial charge in [0.1, 0.15) is 0 Å². The Morgan fingerprint density at radius 3 is 2.61 bits per heavy atom. The highest BCUT2D eigenvalue weighted by Gasteiger charge is 2.38. The molecule has 0 spiro atoms. The molecule has 182 valence electrons. The van der Waals surface area contributed by atoms with Crippen molar-refractivity contribution in [3.8, 4) is 11.5 Å². The molecule has 3 rings (SSSR count). The fourth-order valence-corrected chi connectivity index (χ4v) is 4.97. The molecule has 2 aliphatic heterocycles. The van der Waals surface area contributed by atoms with Crippen LogP contribution in [0.2, 0.25) is 18.1 Å². The predicted octanol–water partition coefficient (Wildman–Crippen LogP) is 6.48. The number of methoxy groups -OCH3 is 1. The lowest BCUT2D eigenvalue weighted by Crippen LogP contribution is -2.41. The normalized spacial score (nSPS) is 18.0. The van der Waals surface area contributed by atoms with E-state index in [1.807, 2.05) is 18.5 Å². The van der Waals surface area contributed by atoms with Gasteiger partial charge in [-0.25, -0.2) is 0 Å². The molecule has 0 N–H and O–H groups in total. The Hall–Kier alpha value is -1.64. The number of unbranched alkanes of at least 4 members (excludes halogenated alkanes) is 2. The van der Waals surface area contributed by atoms with Crippen molar-refractivity contribution in [2.45, 2.75) is 70.6 Å². The van der Waals surface area contributed by atoms with E-state index < -0.39 is 8.32 Å². The summed E-state index contributed by atoms with van der Waals surface area (Å²) in [7, 11) is -0.258. The highest BCUT2D eigenvalue weighted by Crippen LogP contribution is 2.40. The van der Waals surface area contributed by atoms with Crippen molar-refractivity contribution in [3.05, 3.63) is 29.5 Å². The molecule has 33 heavy (non-hydrogen) atoms. The van der Waals surface area contributed by atoms with E-state index in [1.165, 1.54) is 0 Å². The number of benzene rings is 1. The summed E-state index contributed by atoms with van der Waals surface area (Å²) >= 11 is 3.45. The molecule has 1 aromatic rings. The van der Waals surface area contributed by atoms with Crippen molar-refractivity contribution in [1.29, 1.82) is 0 Å². The third kappa shape index (κ3) is 6.08. The Labute approximate surface area is 207 Å². The topological polar surface area (TPSA) is 60.4 Å². The monoisotopic (exact) mass is 536 g/mol. The number of carbonyl (C=O) groups excluding carboxylic acids is 1. The van der Waals surface area contributed by atoms with Crippen LogP contribution in [0, 0.1) is 0 Å². The molecule has 8 heteroatoms. The summed E-state index contributed by atoms with van der Waals surface area (Å²) in [4.78, 5) is 19.8. The Bertz CT molecular complexity index is 924. The first-order chi connectivity index (χ1) is 15.6. The summed E-state index contributed by atoms with van der Waals surface area (Å²) in [5.74, 6) is 1.11. The van der Waals surface area contributed by atoms with E-state index >= 15 is 0 Å². The first kappa shape index (κ1) is 26.0. The Kier molecular flexibility index (Phi) is 8.45. The molecule has 0 aromatic heterocycles. The number of halogens is 1. The largest absolute Gasteiger partial charge is 0.493 e. The maximum absolute atomic E-state index is 13.4. The molecule has 2 aliphatic rings. The molecule has 1 amide bonds. The van der Waals surface area contributed by atoms with Gasteiger partial charge in [0.15, 0.2) is 19.8 Å². The van der Waals surface area contributed by atoms with Crippen molar-refractivity contribution >= 4 is 42.1 Å². The third-order valence-corrected chi connectivity index (χ3v) is 11.8. The molecular formula is C25H37BrN2O4Si. The number of rotatable bonds is 10. The number of carbonyl (C=O) groups is 1. The second-order valence-electron chi connectivity index (χ2n) is 10.2. The van der Waals surface area contributed by atoms with Gasteiger partial charge in [0.05, 0.1) is 37.6 Å². The van der Waals surface area contributed by atoms with Crippen molar-refractivity contribution in [1.82, 2.24) is 4.90 Å². The minimum Gasteiger partial charge on any atom is -0.493 e. The molecule has 0 aliphatic carbocycles. The van der Waals surface area contributed by atoms with Gasteiger partial charge in [-0.2, -0.15) is 0 Å². The highest BCUT2D eigenvalue weighted by molar-refractivity contribution is 9.09. The fourth-order valence-electron chi connectivity index (χ4n) is 3.59. The summed E-state index contributed by atoms with van der Waals surface area (Å²) in [5.41, 5.74) is 2.28. The van der Waals surface area contributed by atoms with Gasteiger partial charge in [-0.1, -0.05) is 36.7 Å². The van der Waals surface area contributed by atoms with Gasteiger partial charge in [0.2, 0.25) is 0 Å². The van der Waals surface area contributed by atoms with Crippen LogP contribution in [0.1, 0.15) is 56.8 Å². The van der Waals surface area contributed by atoms with E-state index in [9.17, 15) is 4.79 Å². The smallest absolute Gasteiger partial charge is 0.260 e. The summed E-state index contributed by atoms with van der Waals surface area (Å²) in [6.45, 7) is 12.4. The average Bonchev–Trinajstić information content (AvgIpc) is 3.13. The second-order valence-corrected chi connectivity index (χ2v) is 15.8.